The first-order chi connectivity index (χ1) is 11.1. The van der Waals surface area contributed by atoms with Crippen molar-refractivity contribution in [2.75, 3.05) is 6.54 Å². The van der Waals surface area contributed by atoms with Crippen LogP contribution in [0.2, 0.25) is 5.02 Å². The molecule has 0 bridgehead atoms. The smallest absolute Gasteiger partial charge is 0.252 e. The Labute approximate surface area is 143 Å². The third-order valence-electron chi connectivity index (χ3n) is 3.67. The molecule has 1 amide bonds. The molecule has 1 unspecified atom stereocenters. The predicted molar refractivity (Wildman–Crippen MR) is 95.3 cm³/mol. The van der Waals surface area contributed by atoms with Gasteiger partial charge in [0.25, 0.3) is 5.91 Å². The summed E-state index contributed by atoms with van der Waals surface area (Å²) < 4.78 is 1.12. The van der Waals surface area contributed by atoms with Crippen LogP contribution in [0, 0.1) is 6.92 Å². The molecule has 0 fully saturated rings. The molecule has 0 aliphatic heterocycles. The molecule has 1 atom stereocenters. The number of aliphatic hydroxyl groups is 1. The van der Waals surface area contributed by atoms with Crippen LogP contribution in [0.15, 0.2) is 48.5 Å². The molecular formula is C18H16ClNO2S. The van der Waals surface area contributed by atoms with Crippen molar-refractivity contribution in [1.82, 2.24) is 5.32 Å². The van der Waals surface area contributed by atoms with Crippen molar-refractivity contribution >= 4 is 38.9 Å². The normalized spacial score (nSPS) is 12.3. The summed E-state index contributed by atoms with van der Waals surface area (Å²) in [5, 5.41) is 14.6. The molecule has 2 N–H and O–H groups in total. The molecule has 0 saturated carbocycles. The number of thiophene rings is 1. The molecule has 0 aliphatic carbocycles. The predicted octanol–water partition coefficient (Wildman–Crippen LogP) is 4.33. The van der Waals surface area contributed by atoms with E-state index < -0.39 is 6.10 Å². The Hall–Kier alpha value is -1.88. The number of aliphatic hydroxyl groups excluding tert-OH is 1. The Morgan fingerprint density at radius 1 is 1.26 bits per heavy atom. The number of rotatable bonds is 4. The average Bonchev–Trinajstić information content (AvgIpc) is 2.99. The van der Waals surface area contributed by atoms with Crippen molar-refractivity contribution < 1.29 is 9.90 Å². The van der Waals surface area contributed by atoms with E-state index in [4.69, 9.17) is 11.6 Å². The molecule has 3 rings (SSSR count). The zero-order chi connectivity index (χ0) is 16.4. The van der Waals surface area contributed by atoms with Crippen LogP contribution in [0.3, 0.4) is 0 Å². The minimum atomic E-state index is -0.736. The third-order valence-corrected chi connectivity index (χ3v) is 5.38. The summed E-state index contributed by atoms with van der Waals surface area (Å²) in [6, 6.07) is 15.2. The van der Waals surface area contributed by atoms with Crippen molar-refractivity contribution in [3.05, 3.63) is 69.6 Å². The Morgan fingerprint density at radius 3 is 2.83 bits per heavy atom. The lowest BCUT2D eigenvalue weighted by Crippen LogP contribution is -2.28. The molecule has 118 valence electrons. The van der Waals surface area contributed by atoms with Crippen LogP contribution in [0.4, 0.5) is 0 Å². The summed E-state index contributed by atoms with van der Waals surface area (Å²) in [6.45, 7) is 2.00. The van der Waals surface area contributed by atoms with E-state index in [2.05, 4.69) is 5.32 Å². The molecule has 0 saturated heterocycles. The summed E-state index contributed by atoms with van der Waals surface area (Å²) in [5.74, 6) is -0.279. The van der Waals surface area contributed by atoms with E-state index in [1.165, 1.54) is 11.3 Å². The average molecular weight is 346 g/mol. The maximum absolute atomic E-state index is 12.2. The van der Waals surface area contributed by atoms with Gasteiger partial charge in [-0.15, -0.1) is 11.3 Å². The summed E-state index contributed by atoms with van der Waals surface area (Å²) in [4.78, 5) is 13.1. The van der Waals surface area contributed by atoms with Gasteiger partial charge in [0.2, 0.25) is 0 Å². The summed E-state index contributed by atoms with van der Waals surface area (Å²) >= 11 is 7.68. The fraction of sp³-hybridized carbons (Fsp3) is 0.167. The first-order valence-corrected chi connectivity index (χ1v) is 8.45. The van der Waals surface area contributed by atoms with Crippen molar-refractivity contribution in [2.24, 2.45) is 0 Å². The van der Waals surface area contributed by atoms with Crippen molar-refractivity contribution in [1.29, 1.82) is 0 Å². The van der Waals surface area contributed by atoms with Crippen LogP contribution in [0.1, 0.15) is 26.9 Å². The van der Waals surface area contributed by atoms with Gasteiger partial charge in [0.1, 0.15) is 6.10 Å². The second-order valence-electron chi connectivity index (χ2n) is 5.35. The lowest BCUT2D eigenvalue weighted by molar-refractivity contribution is 0.0918. The van der Waals surface area contributed by atoms with Crippen LogP contribution >= 0.6 is 22.9 Å². The number of nitrogens with one attached hydrogen (secondary N) is 1. The molecule has 1 heterocycles. The fourth-order valence-electron chi connectivity index (χ4n) is 2.37. The highest BCUT2D eigenvalue weighted by Crippen LogP contribution is 2.29. The van der Waals surface area contributed by atoms with E-state index in [1.54, 1.807) is 12.1 Å². The number of aryl methyl sites for hydroxylation is 1. The minimum Gasteiger partial charge on any atom is -0.386 e. The molecule has 3 nitrogen and oxygen atoms in total. The zero-order valence-corrected chi connectivity index (χ0v) is 14.1. The molecule has 23 heavy (non-hydrogen) atoms. The lowest BCUT2D eigenvalue weighted by atomic mass is 10.1. The van der Waals surface area contributed by atoms with Gasteiger partial charge in [0, 0.05) is 16.1 Å². The number of halogens is 1. The van der Waals surface area contributed by atoms with E-state index in [-0.39, 0.29) is 12.5 Å². The number of amides is 1. The maximum atomic E-state index is 12.2. The highest BCUT2D eigenvalue weighted by atomic mass is 35.5. The van der Waals surface area contributed by atoms with Gasteiger partial charge < -0.3 is 10.4 Å². The number of hydrogen-bond donors (Lipinski definition) is 2. The van der Waals surface area contributed by atoms with E-state index in [9.17, 15) is 9.90 Å². The highest BCUT2D eigenvalue weighted by molar-refractivity contribution is 7.19. The third kappa shape index (κ3) is 3.39. The number of hydrogen-bond acceptors (Lipinski definition) is 3. The number of benzene rings is 2. The van der Waals surface area contributed by atoms with Gasteiger partial charge in [0.05, 0.1) is 10.6 Å². The van der Waals surface area contributed by atoms with Gasteiger partial charge in [-0.3, -0.25) is 4.79 Å². The van der Waals surface area contributed by atoms with Crippen molar-refractivity contribution in [3.8, 4) is 0 Å². The van der Waals surface area contributed by atoms with Gasteiger partial charge in [-0.2, -0.15) is 0 Å². The first-order valence-electron chi connectivity index (χ1n) is 7.26. The van der Waals surface area contributed by atoms with Crippen molar-refractivity contribution in [2.45, 2.75) is 13.0 Å². The molecular weight excluding hydrogens is 330 g/mol. The number of fused-ring (bicyclic) bond motifs is 1. The first kappa shape index (κ1) is 16.0. The van der Waals surface area contributed by atoms with E-state index in [0.29, 0.717) is 10.6 Å². The van der Waals surface area contributed by atoms with Gasteiger partial charge in [0.15, 0.2) is 0 Å². The van der Waals surface area contributed by atoms with Crippen LogP contribution in [-0.4, -0.2) is 17.6 Å². The molecule has 1 aromatic heterocycles. The SMILES string of the molecule is Cc1cccc(C(=O)NCC(O)c2cc3ccccc3s2)c1Cl. The van der Waals surface area contributed by atoms with Crippen molar-refractivity contribution in [3.63, 3.8) is 0 Å². The second kappa shape index (κ2) is 6.71. The molecule has 0 aliphatic rings. The number of carbonyl (C=O) groups is 1. The highest BCUT2D eigenvalue weighted by Gasteiger charge is 2.15. The standard InChI is InChI=1S/C18H16ClNO2S/c1-11-5-4-7-13(17(11)19)18(22)20-10-14(21)16-9-12-6-2-3-8-15(12)23-16/h2-9,14,21H,10H2,1H3,(H,20,22). The van der Waals surface area contributed by atoms with Gasteiger partial charge >= 0.3 is 0 Å². The largest absolute Gasteiger partial charge is 0.386 e. The Balaban J connectivity index is 1.69. The topological polar surface area (TPSA) is 49.3 Å². The quantitative estimate of drug-likeness (QED) is 0.739. The Kier molecular flexibility index (Phi) is 4.66. The van der Waals surface area contributed by atoms with Crippen LogP contribution < -0.4 is 5.32 Å². The molecule has 5 heteroatoms. The van der Waals surface area contributed by atoms with Crippen LogP contribution in [-0.2, 0) is 0 Å². The van der Waals surface area contributed by atoms with E-state index >= 15 is 0 Å². The summed E-state index contributed by atoms with van der Waals surface area (Å²) in [7, 11) is 0. The van der Waals surface area contributed by atoms with Gasteiger partial charge in [-0.25, -0.2) is 0 Å². The zero-order valence-electron chi connectivity index (χ0n) is 12.5. The van der Waals surface area contributed by atoms with E-state index in [0.717, 1.165) is 20.5 Å². The van der Waals surface area contributed by atoms with Crippen LogP contribution in [0.5, 0.6) is 0 Å². The Morgan fingerprint density at radius 2 is 2.04 bits per heavy atom. The molecule has 0 spiro atoms. The lowest BCUT2D eigenvalue weighted by Gasteiger charge is -2.11. The Bertz CT molecular complexity index is 826. The molecule has 0 radical (unpaired) electrons. The number of carbonyl (C=O) groups excluding carboxylic acids is 1. The van der Waals surface area contributed by atoms with Crippen LogP contribution in [0.25, 0.3) is 10.1 Å². The monoisotopic (exact) mass is 345 g/mol. The van der Waals surface area contributed by atoms with Gasteiger partial charge in [-0.05, 0) is 36.1 Å². The fourth-order valence-corrected chi connectivity index (χ4v) is 3.64. The minimum absolute atomic E-state index is 0.149. The second-order valence-corrected chi connectivity index (χ2v) is 6.84. The summed E-state index contributed by atoms with van der Waals surface area (Å²) in [5.41, 5.74) is 1.28. The summed E-state index contributed by atoms with van der Waals surface area (Å²) in [6.07, 6.45) is -0.736. The molecule has 2 aromatic carbocycles. The maximum Gasteiger partial charge on any atom is 0.252 e. The van der Waals surface area contributed by atoms with Gasteiger partial charge in [-0.1, -0.05) is 41.9 Å². The molecule has 3 aromatic rings. The van der Waals surface area contributed by atoms with E-state index in [1.807, 2.05) is 43.3 Å².